The van der Waals surface area contributed by atoms with Crippen molar-refractivity contribution in [1.29, 1.82) is 0 Å². The fourth-order valence-electron chi connectivity index (χ4n) is 0.304. The minimum Gasteiger partial charge on any atom is -0.478 e. The molecule has 0 amide bonds. The van der Waals surface area contributed by atoms with Gasteiger partial charge in [-0.15, -0.1) is 0 Å². The Morgan fingerprint density at radius 3 is 2.50 bits per heavy atom. The van der Waals surface area contributed by atoms with Gasteiger partial charge in [-0.2, -0.15) is 0 Å². The molecule has 0 spiro atoms. The van der Waals surface area contributed by atoms with E-state index in [9.17, 15) is 4.79 Å². The lowest BCUT2D eigenvalue weighted by molar-refractivity contribution is -0.132. The van der Waals surface area contributed by atoms with Gasteiger partial charge in [0.15, 0.2) is 0 Å². The summed E-state index contributed by atoms with van der Waals surface area (Å²) >= 11 is 0. The highest BCUT2D eigenvalue weighted by Crippen LogP contribution is 1.92. The van der Waals surface area contributed by atoms with Crippen LogP contribution in [0, 0.1) is 6.92 Å². The Hall–Kier alpha value is -0.790. The molecular weight excluding hydrogens is 104 g/mol. The molecule has 0 unspecified atom stereocenters. The van der Waals surface area contributed by atoms with Gasteiger partial charge < -0.3 is 5.11 Å². The Balaban J connectivity index is 3.80. The highest BCUT2D eigenvalue weighted by atomic mass is 16.4. The molecule has 0 fully saturated rings. The van der Waals surface area contributed by atoms with Crippen LogP contribution in [0.5, 0.6) is 0 Å². The van der Waals surface area contributed by atoms with E-state index in [-0.39, 0.29) is 0 Å². The first kappa shape index (κ1) is 7.21. The van der Waals surface area contributed by atoms with Gasteiger partial charge in [0.2, 0.25) is 0 Å². The fourth-order valence-corrected chi connectivity index (χ4v) is 0.304. The number of carboxylic acids is 1. The van der Waals surface area contributed by atoms with Crippen LogP contribution in [0.15, 0.2) is 11.6 Å². The number of carbonyl (C=O) groups is 1. The van der Waals surface area contributed by atoms with E-state index in [4.69, 9.17) is 5.11 Å². The van der Waals surface area contributed by atoms with Crippen LogP contribution in [0.3, 0.4) is 0 Å². The molecule has 45 valence electrons. The van der Waals surface area contributed by atoms with Gasteiger partial charge in [0.05, 0.1) is 0 Å². The number of allylic oxidation sites excluding steroid dienone is 1. The average Bonchev–Trinajstić information content (AvgIpc) is 1.67. The first-order chi connectivity index (χ1) is 3.68. The highest BCUT2D eigenvalue weighted by Gasteiger charge is 1.94. The van der Waals surface area contributed by atoms with Crippen molar-refractivity contribution < 1.29 is 9.90 Å². The quantitative estimate of drug-likeness (QED) is 0.547. The molecule has 0 atom stereocenters. The summed E-state index contributed by atoms with van der Waals surface area (Å²) in [5.74, 6) is -0.867. The molecule has 0 aromatic rings. The number of aliphatic carboxylic acids is 1. The van der Waals surface area contributed by atoms with Gasteiger partial charge in [-0.1, -0.05) is 6.08 Å². The van der Waals surface area contributed by atoms with E-state index in [1.807, 2.05) is 0 Å². The predicted octanol–water partition coefficient (Wildman–Crippen LogP) is 1.24. The van der Waals surface area contributed by atoms with Crippen LogP contribution in [0.2, 0.25) is 0 Å². The summed E-state index contributed by atoms with van der Waals surface area (Å²) in [6.45, 7) is 5.02. The van der Waals surface area contributed by atoms with Gasteiger partial charge in [0.1, 0.15) is 0 Å². The summed E-state index contributed by atoms with van der Waals surface area (Å²) < 4.78 is 0. The van der Waals surface area contributed by atoms with Crippen LogP contribution in [0.4, 0.5) is 0 Å². The number of hydrogen-bond acceptors (Lipinski definition) is 1. The largest absolute Gasteiger partial charge is 0.478 e. The molecule has 2 nitrogen and oxygen atoms in total. The summed E-state index contributed by atoms with van der Waals surface area (Å²) in [6.07, 6.45) is 2.11. The third-order valence-corrected chi connectivity index (χ3v) is 0.788. The Kier molecular flexibility index (Phi) is 2.92. The van der Waals surface area contributed by atoms with Crippen molar-refractivity contribution in [3.8, 4) is 0 Å². The normalized spacial score (nSPS) is 11.5. The first-order valence-electron chi connectivity index (χ1n) is 2.37. The van der Waals surface area contributed by atoms with Gasteiger partial charge in [-0.25, -0.2) is 4.79 Å². The van der Waals surface area contributed by atoms with Gasteiger partial charge in [-0.3, -0.25) is 0 Å². The Morgan fingerprint density at radius 1 is 1.88 bits per heavy atom. The van der Waals surface area contributed by atoms with Crippen molar-refractivity contribution in [2.45, 2.75) is 13.3 Å². The van der Waals surface area contributed by atoms with Gasteiger partial charge >= 0.3 is 5.97 Å². The van der Waals surface area contributed by atoms with Crippen molar-refractivity contribution >= 4 is 5.97 Å². The van der Waals surface area contributed by atoms with E-state index in [1.54, 1.807) is 13.0 Å². The third-order valence-electron chi connectivity index (χ3n) is 0.788. The molecule has 8 heavy (non-hydrogen) atoms. The molecule has 0 heterocycles. The summed E-state index contributed by atoms with van der Waals surface area (Å²) in [7, 11) is 0. The van der Waals surface area contributed by atoms with Crippen LogP contribution in [-0.2, 0) is 4.79 Å². The van der Waals surface area contributed by atoms with E-state index in [0.29, 0.717) is 12.0 Å². The lowest BCUT2D eigenvalue weighted by atomic mass is 10.2. The lowest BCUT2D eigenvalue weighted by Crippen LogP contribution is -1.94. The first-order valence-corrected chi connectivity index (χ1v) is 2.37. The van der Waals surface area contributed by atoms with Crippen molar-refractivity contribution in [2.24, 2.45) is 0 Å². The zero-order valence-corrected chi connectivity index (χ0v) is 4.85. The molecule has 0 bridgehead atoms. The van der Waals surface area contributed by atoms with Gasteiger partial charge in [0.25, 0.3) is 0 Å². The number of carboxylic acid groups (broad SMARTS) is 1. The Labute approximate surface area is 48.8 Å². The van der Waals surface area contributed by atoms with E-state index in [1.165, 1.54) is 0 Å². The molecule has 2 heteroatoms. The van der Waals surface area contributed by atoms with E-state index in [2.05, 4.69) is 6.92 Å². The van der Waals surface area contributed by atoms with E-state index >= 15 is 0 Å². The number of hydrogen-bond donors (Lipinski definition) is 1. The van der Waals surface area contributed by atoms with Crippen molar-refractivity contribution in [1.82, 2.24) is 0 Å². The fraction of sp³-hybridized carbons (Fsp3) is 0.333. The molecule has 1 radical (unpaired) electrons. The summed E-state index contributed by atoms with van der Waals surface area (Å²) in [6, 6.07) is 0. The average molecular weight is 113 g/mol. The summed E-state index contributed by atoms with van der Waals surface area (Å²) in [5.41, 5.74) is 0.361. The molecule has 0 rings (SSSR count). The minimum absolute atomic E-state index is 0.361. The van der Waals surface area contributed by atoms with Crippen LogP contribution in [-0.4, -0.2) is 11.1 Å². The lowest BCUT2D eigenvalue weighted by Gasteiger charge is -1.87. The topological polar surface area (TPSA) is 37.3 Å². The van der Waals surface area contributed by atoms with Crippen LogP contribution in [0.25, 0.3) is 0 Å². The molecule has 0 aromatic carbocycles. The molecular formula is C6H9O2. The maximum absolute atomic E-state index is 9.99. The molecule has 0 aliphatic heterocycles. The van der Waals surface area contributed by atoms with Crippen molar-refractivity contribution in [2.75, 3.05) is 0 Å². The molecule has 0 aliphatic rings. The van der Waals surface area contributed by atoms with Gasteiger partial charge in [0, 0.05) is 5.57 Å². The zero-order valence-electron chi connectivity index (χ0n) is 4.85. The second-order valence-corrected chi connectivity index (χ2v) is 1.48. The second-order valence-electron chi connectivity index (χ2n) is 1.48. The standard InChI is InChI=1S/C6H9O2/c1-3-4-5(2)6(7)8/h4H,1,3H2,2H3,(H,7,8)/b5-4+. The Morgan fingerprint density at radius 2 is 2.38 bits per heavy atom. The minimum atomic E-state index is -0.867. The summed E-state index contributed by atoms with van der Waals surface area (Å²) in [4.78, 5) is 9.99. The van der Waals surface area contributed by atoms with Crippen LogP contribution in [0.1, 0.15) is 13.3 Å². The maximum Gasteiger partial charge on any atom is 0.330 e. The monoisotopic (exact) mass is 113 g/mol. The maximum atomic E-state index is 9.99. The molecule has 0 aliphatic carbocycles. The molecule has 1 N–H and O–H groups in total. The zero-order chi connectivity index (χ0) is 6.57. The van der Waals surface area contributed by atoms with Gasteiger partial charge in [-0.05, 0) is 20.3 Å². The number of rotatable bonds is 2. The van der Waals surface area contributed by atoms with Crippen molar-refractivity contribution in [3.05, 3.63) is 18.6 Å². The Bertz CT molecular complexity index is 114. The summed E-state index contributed by atoms with van der Waals surface area (Å²) in [5, 5.41) is 8.22. The SMILES string of the molecule is [CH2]C/C=C(\C)C(=O)O. The molecule has 0 saturated carbocycles. The molecule has 0 aromatic heterocycles. The smallest absolute Gasteiger partial charge is 0.330 e. The predicted molar refractivity (Wildman–Crippen MR) is 31.4 cm³/mol. The highest BCUT2D eigenvalue weighted by molar-refractivity contribution is 5.85. The molecule has 0 saturated heterocycles. The van der Waals surface area contributed by atoms with Crippen molar-refractivity contribution in [3.63, 3.8) is 0 Å². The third kappa shape index (κ3) is 2.39. The van der Waals surface area contributed by atoms with E-state index < -0.39 is 5.97 Å². The van der Waals surface area contributed by atoms with Crippen LogP contribution < -0.4 is 0 Å². The second kappa shape index (κ2) is 3.24. The van der Waals surface area contributed by atoms with E-state index in [0.717, 1.165) is 0 Å². The van der Waals surface area contributed by atoms with Crippen LogP contribution >= 0.6 is 0 Å².